The van der Waals surface area contributed by atoms with E-state index in [-0.39, 0.29) is 0 Å². The Hall–Kier alpha value is -1.22. The maximum absolute atomic E-state index is 10.3. The van der Waals surface area contributed by atoms with Crippen LogP contribution in [0.15, 0.2) is 0 Å². The highest BCUT2D eigenvalue weighted by Gasteiger charge is 2.35. The van der Waals surface area contributed by atoms with Gasteiger partial charge in [0.25, 0.3) is 0 Å². The SMILES string of the molecule is NC(=O)C(O)C(O)C(O)C(O)C(N)=O. The molecule has 0 radical (unpaired) electrons. The minimum absolute atomic E-state index is 1.30. The highest BCUT2D eigenvalue weighted by molar-refractivity contribution is 5.81. The van der Waals surface area contributed by atoms with Gasteiger partial charge in [-0.25, -0.2) is 0 Å². The minimum atomic E-state index is -2.08. The summed E-state index contributed by atoms with van der Waals surface area (Å²) in [6.07, 6.45) is -8.32. The number of hydrogen-bond donors (Lipinski definition) is 6. The van der Waals surface area contributed by atoms with Crippen molar-refractivity contribution in [3.05, 3.63) is 0 Å². The van der Waals surface area contributed by atoms with Crippen LogP contribution in [0.25, 0.3) is 0 Å². The van der Waals surface area contributed by atoms with Crippen LogP contribution in [0.5, 0.6) is 0 Å². The molecule has 2 amide bonds. The fraction of sp³-hybridized carbons (Fsp3) is 0.667. The smallest absolute Gasteiger partial charge is 0.249 e. The predicted octanol–water partition coefficient (Wildman–Crippen LogP) is -4.60. The van der Waals surface area contributed by atoms with Crippen LogP contribution in [-0.2, 0) is 9.59 Å². The molecule has 0 saturated heterocycles. The molecule has 0 aromatic heterocycles. The summed E-state index contributed by atoms with van der Waals surface area (Å²) in [4.78, 5) is 20.7. The Morgan fingerprint density at radius 2 is 1.00 bits per heavy atom. The molecule has 0 aromatic rings. The molecule has 0 bridgehead atoms. The van der Waals surface area contributed by atoms with E-state index in [2.05, 4.69) is 11.5 Å². The number of carbonyl (C=O) groups excluding carboxylic acids is 2. The summed E-state index contributed by atoms with van der Waals surface area (Å²) in [7, 11) is 0. The van der Waals surface area contributed by atoms with Gasteiger partial charge >= 0.3 is 0 Å². The van der Waals surface area contributed by atoms with Crippen LogP contribution in [0.2, 0.25) is 0 Å². The van der Waals surface area contributed by atoms with Gasteiger partial charge in [-0.2, -0.15) is 0 Å². The van der Waals surface area contributed by atoms with E-state index in [1.54, 1.807) is 0 Å². The first kappa shape index (κ1) is 12.8. The van der Waals surface area contributed by atoms with Gasteiger partial charge < -0.3 is 31.9 Å². The monoisotopic (exact) mass is 208 g/mol. The zero-order chi connectivity index (χ0) is 11.5. The van der Waals surface area contributed by atoms with E-state index in [1.165, 1.54) is 0 Å². The molecule has 0 saturated carbocycles. The van der Waals surface area contributed by atoms with Gasteiger partial charge in [0.15, 0.2) is 12.2 Å². The molecular weight excluding hydrogens is 196 g/mol. The van der Waals surface area contributed by atoms with Gasteiger partial charge in [0.2, 0.25) is 11.8 Å². The summed E-state index contributed by atoms with van der Waals surface area (Å²) in [5.41, 5.74) is 9.19. The lowest BCUT2D eigenvalue weighted by molar-refractivity contribution is -0.152. The molecule has 4 atom stereocenters. The van der Waals surface area contributed by atoms with Crippen molar-refractivity contribution in [2.24, 2.45) is 11.5 Å². The fourth-order valence-corrected chi connectivity index (χ4v) is 0.710. The van der Waals surface area contributed by atoms with Gasteiger partial charge in [-0.15, -0.1) is 0 Å². The van der Waals surface area contributed by atoms with Crippen molar-refractivity contribution >= 4 is 11.8 Å². The zero-order valence-electron chi connectivity index (χ0n) is 7.07. The third-order valence-electron chi connectivity index (χ3n) is 1.58. The third kappa shape index (κ3) is 2.92. The summed E-state index contributed by atoms with van der Waals surface area (Å²) < 4.78 is 0. The average molecular weight is 208 g/mol. The molecule has 8 nitrogen and oxygen atoms in total. The lowest BCUT2D eigenvalue weighted by Crippen LogP contribution is -2.52. The van der Waals surface area contributed by atoms with Crippen LogP contribution < -0.4 is 11.5 Å². The Kier molecular flexibility index (Phi) is 4.44. The van der Waals surface area contributed by atoms with Crippen LogP contribution in [-0.4, -0.2) is 56.7 Å². The zero-order valence-corrected chi connectivity index (χ0v) is 7.07. The van der Waals surface area contributed by atoms with Crippen LogP contribution in [0.4, 0.5) is 0 Å². The lowest BCUT2D eigenvalue weighted by Gasteiger charge is -2.22. The standard InChI is InChI=1S/C6H12N2O6/c7-5(13)3(11)1(9)2(10)4(12)6(8)14/h1-4,9-12H,(H2,7,13)(H2,8,14). The highest BCUT2D eigenvalue weighted by atomic mass is 16.4. The summed E-state index contributed by atoms with van der Waals surface area (Å²) in [5, 5.41) is 35.7. The van der Waals surface area contributed by atoms with Crippen molar-refractivity contribution in [2.45, 2.75) is 24.4 Å². The second-order valence-corrected chi connectivity index (χ2v) is 2.68. The molecule has 0 spiro atoms. The second kappa shape index (κ2) is 4.86. The summed E-state index contributed by atoms with van der Waals surface area (Å²) in [5.74, 6) is -2.60. The van der Waals surface area contributed by atoms with E-state index in [0.29, 0.717) is 0 Å². The third-order valence-corrected chi connectivity index (χ3v) is 1.58. The molecule has 14 heavy (non-hydrogen) atoms. The molecular formula is C6H12N2O6. The van der Waals surface area contributed by atoms with Crippen LogP contribution >= 0.6 is 0 Å². The number of nitrogens with two attached hydrogens (primary N) is 2. The van der Waals surface area contributed by atoms with Crippen molar-refractivity contribution in [1.29, 1.82) is 0 Å². The van der Waals surface area contributed by atoms with E-state index >= 15 is 0 Å². The van der Waals surface area contributed by atoms with Crippen molar-refractivity contribution in [1.82, 2.24) is 0 Å². The second-order valence-electron chi connectivity index (χ2n) is 2.68. The predicted molar refractivity (Wildman–Crippen MR) is 42.4 cm³/mol. The molecule has 0 fully saturated rings. The van der Waals surface area contributed by atoms with Crippen molar-refractivity contribution in [3.8, 4) is 0 Å². The highest BCUT2D eigenvalue weighted by Crippen LogP contribution is 2.04. The van der Waals surface area contributed by atoms with Crippen molar-refractivity contribution in [2.75, 3.05) is 0 Å². The van der Waals surface area contributed by atoms with Gasteiger partial charge in [-0.3, -0.25) is 9.59 Å². The quantitative estimate of drug-likeness (QED) is 0.266. The maximum Gasteiger partial charge on any atom is 0.249 e. The number of primary amides is 2. The topological polar surface area (TPSA) is 167 Å². The van der Waals surface area contributed by atoms with Crippen molar-refractivity contribution < 1.29 is 30.0 Å². The van der Waals surface area contributed by atoms with Gasteiger partial charge in [0.1, 0.15) is 12.2 Å². The van der Waals surface area contributed by atoms with Crippen LogP contribution in [0, 0.1) is 0 Å². The van der Waals surface area contributed by atoms with E-state index in [9.17, 15) is 9.59 Å². The van der Waals surface area contributed by atoms with Crippen LogP contribution in [0.1, 0.15) is 0 Å². The first-order chi connectivity index (χ1) is 6.29. The van der Waals surface area contributed by atoms with Gasteiger partial charge in [-0.05, 0) is 0 Å². The Balaban J connectivity index is 4.45. The molecule has 8 N–H and O–H groups in total. The molecule has 82 valence electrons. The average Bonchev–Trinajstić information content (AvgIpc) is 2.12. The Labute approximate surface area is 78.7 Å². The van der Waals surface area contributed by atoms with E-state index in [4.69, 9.17) is 20.4 Å². The molecule has 0 heterocycles. The summed E-state index contributed by atoms with van der Waals surface area (Å²) in [6, 6.07) is 0. The summed E-state index contributed by atoms with van der Waals surface area (Å²) in [6.45, 7) is 0. The van der Waals surface area contributed by atoms with E-state index in [1.807, 2.05) is 0 Å². The number of hydrogen-bond acceptors (Lipinski definition) is 6. The maximum atomic E-state index is 10.3. The van der Waals surface area contributed by atoms with E-state index in [0.717, 1.165) is 0 Å². The molecule has 4 unspecified atom stereocenters. The van der Waals surface area contributed by atoms with Gasteiger partial charge in [0.05, 0.1) is 0 Å². The molecule has 0 aliphatic heterocycles. The molecule has 8 heteroatoms. The number of carbonyl (C=O) groups is 2. The van der Waals surface area contributed by atoms with Crippen LogP contribution in [0.3, 0.4) is 0 Å². The van der Waals surface area contributed by atoms with Gasteiger partial charge in [-0.1, -0.05) is 0 Å². The lowest BCUT2D eigenvalue weighted by atomic mass is 10.0. The number of aliphatic hydroxyl groups is 4. The largest absolute Gasteiger partial charge is 0.387 e. The number of amides is 2. The van der Waals surface area contributed by atoms with Crippen molar-refractivity contribution in [3.63, 3.8) is 0 Å². The normalized spacial score (nSPS) is 19.4. The minimum Gasteiger partial charge on any atom is -0.387 e. The fourth-order valence-electron chi connectivity index (χ4n) is 0.710. The first-order valence-electron chi connectivity index (χ1n) is 3.60. The number of aliphatic hydroxyl groups excluding tert-OH is 4. The van der Waals surface area contributed by atoms with Gasteiger partial charge in [0, 0.05) is 0 Å². The first-order valence-corrected chi connectivity index (χ1v) is 3.60. The Bertz CT molecular complexity index is 208. The molecule has 0 rings (SSSR count). The molecule has 0 aliphatic carbocycles. The molecule has 0 aromatic carbocycles. The Morgan fingerprint density at radius 1 is 0.786 bits per heavy atom. The van der Waals surface area contributed by atoms with E-state index < -0.39 is 36.2 Å². The summed E-state index contributed by atoms with van der Waals surface area (Å²) >= 11 is 0. The Morgan fingerprint density at radius 3 is 1.14 bits per heavy atom. The molecule has 0 aliphatic rings. The number of rotatable bonds is 5.